The molecule has 2 rings (SSSR count). The number of benzene rings is 1. The highest BCUT2D eigenvalue weighted by Gasteiger charge is 2.06. The van der Waals surface area contributed by atoms with Crippen LogP contribution in [0.4, 0.5) is 5.69 Å². The summed E-state index contributed by atoms with van der Waals surface area (Å²) in [5.41, 5.74) is 1.65. The number of aromatic nitrogens is 1. The van der Waals surface area contributed by atoms with Gasteiger partial charge < -0.3 is 15.4 Å². The minimum absolute atomic E-state index is 0.0481. The average Bonchev–Trinajstić information content (AvgIpc) is 2.53. The van der Waals surface area contributed by atoms with Crippen LogP contribution in [0.5, 0.6) is 5.75 Å². The van der Waals surface area contributed by atoms with Gasteiger partial charge in [-0.25, -0.2) is 0 Å². The van der Waals surface area contributed by atoms with Crippen molar-refractivity contribution in [3.63, 3.8) is 0 Å². The first kappa shape index (κ1) is 15.0. The van der Waals surface area contributed by atoms with Crippen LogP contribution in [0.25, 0.3) is 0 Å². The Kier molecular flexibility index (Phi) is 5.72. The topological polar surface area (TPSA) is 63.2 Å². The van der Waals surface area contributed by atoms with E-state index in [1.807, 2.05) is 42.5 Å². The molecule has 0 saturated heterocycles. The van der Waals surface area contributed by atoms with Crippen LogP contribution in [0.3, 0.4) is 0 Å². The van der Waals surface area contributed by atoms with Crippen LogP contribution in [0.1, 0.15) is 12.1 Å². The Morgan fingerprint density at radius 1 is 1.19 bits per heavy atom. The Bertz CT molecular complexity index is 573. The molecule has 110 valence electrons. The van der Waals surface area contributed by atoms with E-state index < -0.39 is 0 Å². The molecule has 0 aliphatic carbocycles. The third kappa shape index (κ3) is 4.89. The third-order valence-corrected chi connectivity index (χ3v) is 2.94. The molecule has 0 aliphatic heterocycles. The van der Waals surface area contributed by atoms with E-state index in [2.05, 4.69) is 15.6 Å². The highest BCUT2D eigenvalue weighted by Crippen LogP contribution is 2.22. The highest BCUT2D eigenvalue weighted by atomic mass is 16.5. The number of nitrogens with zero attached hydrogens (tertiary/aromatic N) is 1. The highest BCUT2D eigenvalue weighted by molar-refractivity contribution is 5.92. The molecule has 5 heteroatoms. The van der Waals surface area contributed by atoms with Crippen molar-refractivity contribution < 1.29 is 9.53 Å². The zero-order chi connectivity index (χ0) is 14.9. The Balaban J connectivity index is 1.72. The van der Waals surface area contributed by atoms with Crippen molar-refractivity contribution in [2.75, 3.05) is 19.0 Å². The van der Waals surface area contributed by atoms with Crippen molar-refractivity contribution in [2.45, 2.75) is 13.0 Å². The number of ether oxygens (including phenoxy) is 1. The van der Waals surface area contributed by atoms with Crippen LogP contribution in [0.2, 0.25) is 0 Å². The number of carbonyl (C=O) groups excluding carboxylic acids is 1. The van der Waals surface area contributed by atoms with E-state index >= 15 is 0 Å². The second-order valence-corrected chi connectivity index (χ2v) is 4.50. The summed E-state index contributed by atoms with van der Waals surface area (Å²) < 4.78 is 5.19. The number of pyridine rings is 1. The number of amides is 1. The van der Waals surface area contributed by atoms with E-state index in [1.54, 1.807) is 13.3 Å². The summed E-state index contributed by atoms with van der Waals surface area (Å²) in [6.07, 6.45) is 2.15. The monoisotopic (exact) mass is 285 g/mol. The van der Waals surface area contributed by atoms with Crippen LogP contribution < -0.4 is 15.4 Å². The molecule has 0 atom stereocenters. The standard InChI is InChI=1S/C16H19N3O2/c1-21-15-8-3-2-7-14(15)19-16(20)9-11-17-12-13-6-4-5-10-18-13/h2-8,10,17H,9,11-12H2,1H3,(H,19,20). The summed E-state index contributed by atoms with van der Waals surface area (Å²) in [5.74, 6) is 0.611. The number of hydrogen-bond acceptors (Lipinski definition) is 4. The van der Waals surface area contributed by atoms with Crippen LogP contribution >= 0.6 is 0 Å². The smallest absolute Gasteiger partial charge is 0.225 e. The molecule has 2 N–H and O–H groups in total. The third-order valence-electron chi connectivity index (χ3n) is 2.94. The van der Waals surface area contributed by atoms with E-state index in [0.717, 1.165) is 5.69 Å². The Hall–Kier alpha value is -2.40. The van der Waals surface area contributed by atoms with Gasteiger partial charge in [-0.2, -0.15) is 0 Å². The molecule has 0 bridgehead atoms. The molecule has 5 nitrogen and oxygen atoms in total. The number of hydrogen-bond donors (Lipinski definition) is 2. The van der Waals surface area contributed by atoms with Gasteiger partial charge in [-0.3, -0.25) is 9.78 Å². The van der Waals surface area contributed by atoms with Crippen LogP contribution in [-0.2, 0) is 11.3 Å². The lowest BCUT2D eigenvalue weighted by molar-refractivity contribution is -0.116. The summed E-state index contributed by atoms with van der Waals surface area (Å²) in [5, 5.41) is 6.03. The van der Waals surface area contributed by atoms with Crippen molar-refractivity contribution >= 4 is 11.6 Å². The van der Waals surface area contributed by atoms with Gasteiger partial charge in [0.15, 0.2) is 0 Å². The molecule has 21 heavy (non-hydrogen) atoms. The molecule has 0 radical (unpaired) electrons. The van der Waals surface area contributed by atoms with Gasteiger partial charge in [0.2, 0.25) is 5.91 Å². The summed E-state index contributed by atoms with van der Waals surface area (Å²) in [7, 11) is 1.58. The zero-order valence-electron chi connectivity index (χ0n) is 12.0. The Morgan fingerprint density at radius 3 is 2.76 bits per heavy atom. The molecule has 2 aromatic rings. The van der Waals surface area contributed by atoms with Gasteiger partial charge in [0.1, 0.15) is 5.75 Å². The first-order chi connectivity index (χ1) is 10.3. The van der Waals surface area contributed by atoms with E-state index in [1.165, 1.54) is 0 Å². The molecule has 0 spiro atoms. The molecule has 0 unspecified atom stereocenters. The Labute approximate surface area is 124 Å². The van der Waals surface area contributed by atoms with E-state index in [0.29, 0.717) is 30.9 Å². The minimum Gasteiger partial charge on any atom is -0.495 e. The number of methoxy groups -OCH3 is 1. The van der Waals surface area contributed by atoms with Gasteiger partial charge in [0.25, 0.3) is 0 Å². The lowest BCUT2D eigenvalue weighted by Gasteiger charge is -2.10. The van der Waals surface area contributed by atoms with E-state index in [4.69, 9.17) is 4.74 Å². The van der Waals surface area contributed by atoms with Crippen LogP contribution in [-0.4, -0.2) is 24.5 Å². The predicted molar refractivity (Wildman–Crippen MR) is 82.2 cm³/mol. The maximum absolute atomic E-state index is 11.9. The van der Waals surface area contributed by atoms with Crippen molar-refractivity contribution in [3.05, 3.63) is 54.4 Å². The fraction of sp³-hybridized carbons (Fsp3) is 0.250. The summed E-state index contributed by atoms with van der Waals surface area (Å²) in [6, 6.07) is 13.1. The number of carbonyl (C=O) groups is 1. The molecular weight excluding hydrogens is 266 g/mol. The second kappa shape index (κ2) is 8.01. The quantitative estimate of drug-likeness (QED) is 0.766. The maximum atomic E-state index is 11.9. The molecule has 0 fully saturated rings. The van der Waals surface area contributed by atoms with Gasteiger partial charge in [0.05, 0.1) is 18.5 Å². The van der Waals surface area contributed by atoms with Gasteiger partial charge in [-0.05, 0) is 24.3 Å². The van der Waals surface area contributed by atoms with Gasteiger partial charge >= 0.3 is 0 Å². The fourth-order valence-corrected chi connectivity index (χ4v) is 1.88. The van der Waals surface area contributed by atoms with Crippen molar-refractivity contribution in [3.8, 4) is 5.75 Å². The predicted octanol–water partition coefficient (Wildman–Crippen LogP) is 2.21. The lowest BCUT2D eigenvalue weighted by atomic mass is 10.2. The fourth-order valence-electron chi connectivity index (χ4n) is 1.88. The lowest BCUT2D eigenvalue weighted by Crippen LogP contribution is -2.22. The van der Waals surface area contributed by atoms with Gasteiger partial charge in [0, 0.05) is 25.7 Å². The molecular formula is C16H19N3O2. The molecule has 1 aromatic heterocycles. The molecule has 1 amide bonds. The largest absolute Gasteiger partial charge is 0.495 e. The molecule has 1 aromatic carbocycles. The molecule has 1 heterocycles. The average molecular weight is 285 g/mol. The van der Waals surface area contributed by atoms with Gasteiger partial charge in [-0.1, -0.05) is 18.2 Å². The van der Waals surface area contributed by atoms with Crippen LogP contribution in [0, 0.1) is 0 Å². The number of anilines is 1. The maximum Gasteiger partial charge on any atom is 0.225 e. The molecule has 0 saturated carbocycles. The Morgan fingerprint density at radius 2 is 2.00 bits per heavy atom. The minimum atomic E-state index is -0.0481. The first-order valence-corrected chi connectivity index (χ1v) is 6.83. The van der Waals surface area contributed by atoms with E-state index in [-0.39, 0.29) is 5.91 Å². The second-order valence-electron chi connectivity index (χ2n) is 4.50. The first-order valence-electron chi connectivity index (χ1n) is 6.83. The van der Waals surface area contributed by atoms with Crippen LogP contribution in [0.15, 0.2) is 48.7 Å². The molecule has 0 aliphatic rings. The van der Waals surface area contributed by atoms with Gasteiger partial charge in [-0.15, -0.1) is 0 Å². The number of para-hydroxylation sites is 2. The van der Waals surface area contributed by atoms with E-state index in [9.17, 15) is 4.79 Å². The zero-order valence-corrected chi connectivity index (χ0v) is 12.0. The number of nitrogens with one attached hydrogen (secondary N) is 2. The van der Waals surface area contributed by atoms with Crippen molar-refractivity contribution in [1.82, 2.24) is 10.3 Å². The number of rotatable bonds is 7. The van der Waals surface area contributed by atoms with Crippen molar-refractivity contribution in [1.29, 1.82) is 0 Å². The summed E-state index contributed by atoms with van der Waals surface area (Å²) in [4.78, 5) is 16.1. The normalized spacial score (nSPS) is 10.1. The SMILES string of the molecule is COc1ccccc1NC(=O)CCNCc1ccccn1. The summed E-state index contributed by atoms with van der Waals surface area (Å²) >= 11 is 0. The summed E-state index contributed by atoms with van der Waals surface area (Å²) in [6.45, 7) is 1.25. The van der Waals surface area contributed by atoms with Crippen molar-refractivity contribution in [2.24, 2.45) is 0 Å².